The Hall–Kier alpha value is -5.10. The van der Waals surface area contributed by atoms with E-state index < -0.39 is 0 Å². The highest BCUT2D eigenvalue weighted by Gasteiger charge is 2.21. The van der Waals surface area contributed by atoms with Gasteiger partial charge in [0.1, 0.15) is 16.9 Å². The van der Waals surface area contributed by atoms with E-state index in [-0.39, 0.29) is 0 Å². The van der Waals surface area contributed by atoms with Gasteiger partial charge in [-0.1, -0.05) is 54.6 Å². The molecule has 6 heteroatoms. The van der Waals surface area contributed by atoms with Crippen LogP contribution in [0.15, 0.2) is 109 Å². The van der Waals surface area contributed by atoms with Gasteiger partial charge < -0.3 is 0 Å². The Morgan fingerprint density at radius 3 is 1.92 bits per heavy atom. The second-order valence-electron chi connectivity index (χ2n) is 8.82. The largest absolute Gasteiger partial charge is 0.292 e. The lowest BCUT2D eigenvalue weighted by molar-refractivity contribution is 1.06. The van der Waals surface area contributed by atoms with E-state index >= 15 is 0 Å². The summed E-state index contributed by atoms with van der Waals surface area (Å²) >= 11 is 0. The van der Waals surface area contributed by atoms with Gasteiger partial charge in [0.05, 0.1) is 22.1 Å². The topological polar surface area (TPSA) is 61.4 Å². The molecule has 0 aliphatic heterocycles. The maximum absolute atomic E-state index is 5.29. The molecule has 3 aromatic carbocycles. The molecule has 5 heterocycles. The summed E-state index contributed by atoms with van der Waals surface area (Å²) in [5, 5.41) is 2.13. The van der Waals surface area contributed by atoms with Crippen LogP contribution >= 0.6 is 0 Å². The molecule has 168 valence electrons. The van der Waals surface area contributed by atoms with Crippen LogP contribution in [0.2, 0.25) is 0 Å². The Bertz CT molecular complexity index is 2100. The highest BCUT2D eigenvalue weighted by Crippen LogP contribution is 2.35. The smallest absolute Gasteiger partial charge is 0.168 e. The zero-order valence-electron chi connectivity index (χ0n) is 19.1. The van der Waals surface area contributed by atoms with Crippen LogP contribution in [0.3, 0.4) is 0 Å². The summed E-state index contributed by atoms with van der Waals surface area (Å²) in [5.41, 5.74) is 8.20. The van der Waals surface area contributed by atoms with Crippen molar-refractivity contribution in [3.63, 3.8) is 0 Å². The summed E-state index contributed by atoms with van der Waals surface area (Å²) in [5.74, 6) is 0.790. The van der Waals surface area contributed by atoms with Crippen LogP contribution in [0.1, 0.15) is 0 Å². The molecule has 0 atom stereocenters. The molecule has 5 aromatic heterocycles. The molecule has 0 aliphatic rings. The number of hydrogen-bond donors (Lipinski definition) is 0. The van der Waals surface area contributed by atoms with Gasteiger partial charge in [-0.3, -0.25) is 14.1 Å². The lowest BCUT2D eigenvalue weighted by atomic mass is 10.2. The Kier molecular flexibility index (Phi) is 3.85. The molecule has 8 rings (SSSR count). The minimum Gasteiger partial charge on any atom is -0.292 e. The van der Waals surface area contributed by atoms with Crippen molar-refractivity contribution in [1.82, 2.24) is 29.1 Å². The third-order valence-electron chi connectivity index (χ3n) is 6.77. The van der Waals surface area contributed by atoms with Crippen molar-refractivity contribution in [1.29, 1.82) is 0 Å². The van der Waals surface area contributed by atoms with Crippen LogP contribution in [0.25, 0.3) is 66.7 Å². The van der Waals surface area contributed by atoms with E-state index in [0.29, 0.717) is 0 Å². The number of pyridine rings is 2. The second kappa shape index (κ2) is 7.20. The lowest BCUT2D eigenvalue weighted by Gasteiger charge is -2.08. The molecule has 8 aromatic rings. The summed E-state index contributed by atoms with van der Waals surface area (Å²) in [7, 11) is 0. The highest BCUT2D eigenvalue weighted by molar-refractivity contribution is 6.12. The van der Waals surface area contributed by atoms with Crippen LogP contribution in [-0.2, 0) is 0 Å². The van der Waals surface area contributed by atoms with E-state index in [2.05, 4.69) is 62.6 Å². The maximum atomic E-state index is 5.29. The van der Waals surface area contributed by atoms with E-state index in [1.54, 1.807) is 6.20 Å². The summed E-state index contributed by atoms with van der Waals surface area (Å²) in [6.45, 7) is 0. The van der Waals surface area contributed by atoms with Gasteiger partial charge in [-0.2, -0.15) is 0 Å². The van der Waals surface area contributed by atoms with Gasteiger partial charge in [0.25, 0.3) is 0 Å². The Morgan fingerprint density at radius 2 is 1.14 bits per heavy atom. The number of hydrogen-bond acceptors (Lipinski definition) is 4. The van der Waals surface area contributed by atoms with Crippen molar-refractivity contribution in [2.24, 2.45) is 0 Å². The molecule has 0 spiro atoms. The predicted molar refractivity (Wildman–Crippen MR) is 144 cm³/mol. The van der Waals surface area contributed by atoms with Crippen molar-refractivity contribution in [2.45, 2.75) is 0 Å². The molecule has 0 fully saturated rings. The first-order chi connectivity index (χ1) is 17.9. The molecule has 0 saturated heterocycles. The van der Waals surface area contributed by atoms with Gasteiger partial charge in [0.2, 0.25) is 0 Å². The lowest BCUT2D eigenvalue weighted by Crippen LogP contribution is -2.01. The van der Waals surface area contributed by atoms with Crippen LogP contribution in [0, 0.1) is 0 Å². The fourth-order valence-corrected chi connectivity index (χ4v) is 5.20. The molecule has 6 nitrogen and oxygen atoms in total. The molecular formula is C30H18N6. The summed E-state index contributed by atoms with van der Waals surface area (Å²) < 4.78 is 4.30. The maximum Gasteiger partial charge on any atom is 0.168 e. The first-order valence-electron chi connectivity index (χ1n) is 11.8. The van der Waals surface area contributed by atoms with Crippen molar-refractivity contribution >= 4 is 55.2 Å². The van der Waals surface area contributed by atoms with Gasteiger partial charge in [0, 0.05) is 22.7 Å². The Balaban J connectivity index is 1.55. The summed E-state index contributed by atoms with van der Waals surface area (Å²) in [6, 6.07) is 34.9. The number of aromatic nitrogens is 6. The number of fused-ring (bicyclic) bond motifs is 7. The Morgan fingerprint density at radius 1 is 0.472 bits per heavy atom. The first-order valence-corrected chi connectivity index (χ1v) is 11.8. The quantitative estimate of drug-likeness (QED) is 0.290. The molecule has 0 saturated carbocycles. The highest BCUT2D eigenvalue weighted by atomic mass is 15.2. The molecule has 0 unspecified atom stereocenters. The molecule has 0 aliphatic carbocycles. The van der Waals surface area contributed by atoms with Gasteiger partial charge in [0.15, 0.2) is 11.3 Å². The van der Waals surface area contributed by atoms with Gasteiger partial charge in [-0.15, -0.1) is 0 Å². The number of rotatable bonds is 2. The van der Waals surface area contributed by atoms with Crippen molar-refractivity contribution in [3.05, 3.63) is 109 Å². The molecule has 0 amide bonds. The van der Waals surface area contributed by atoms with Crippen LogP contribution in [-0.4, -0.2) is 29.1 Å². The molecular weight excluding hydrogens is 444 g/mol. The third-order valence-corrected chi connectivity index (χ3v) is 6.77. The van der Waals surface area contributed by atoms with Crippen molar-refractivity contribution in [3.8, 4) is 11.5 Å². The summed E-state index contributed by atoms with van der Waals surface area (Å²) in [6.07, 6.45) is 1.79. The van der Waals surface area contributed by atoms with E-state index in [9.17, 15) is 0 Å². The molecule has 0 N–H and O–H groups in total. The van der Waals surface area contributed by atoms with Crippen LogP contribution in [0.5, 0.6) is 0 Å². The standard InChI is InChI=1S/C30H18N6/c1-2-9-19(10-3-1)35-24-14-6-4-11-20(24)27-29(35)34-30-28(33-27)21-12-5-7-15-25(21)36(30)26-17-16-22-23(32-26)13-8-18-31-22/h1-18H. The minimum absolute atomic E-state index is 0.777. The molecule has 0 bridgehead atoms. The fourth-order valence-electron chi connectivity index (χ4n) is 5.20. The summed E-state index contributed by atoms with van der Waals surface area (Å²) in [4.78, 5) is 19.9. The van der Waals surface area contributed by atoms with E-state index in [1.807, 2.05) is 54.6 Å². The third kappa shape index (κ3) is 2.61. The van der Waals surface area contributed by atoms with Gasteiger partial charge in [-0.25, -0.2) is 15.0 Å². The fraction of sp³-hybridized carbons (Fsp3) is 0. The first kappa shape index (κ1) is 19.2. The van der Waals surface area contributed by atoms with E-state index in [0.717, 1.165) is 66.7 Å². The van der Waals surface area contributed by atoms with Crippen LogP contribution < -0.4 is 0 Å². The Labute approximate surface area is 205 Å². The second-order valence-corrected chi connectivity index (χ2v) is 8.82. The monoisotopic (exact) mass is 462 g/mol. The zero-order chi connectivity index (χ0) is 23.6. The van der Waals surface area contributed by atoms with Crippen molar-refractivity contribution in [2.75, 3.05) is 0 Å². The van der Waals surface area contributed by atoms with Crippen molar-refractivity contribution < 1.29 is 0 Å². The van der Waals surface area contributed by atoms with Gasteiger partial charge in [-0.05, 0) is 48.5 Å². The number of nitrogens with zero attached hydrogens (tertiary/aromatic N) is 6. The number of para-hydroxylation sites is 3. The number of benzene rings is 3. The van der Waals surface area contributed by atoms with E-state index in [1.165, 1.54) is 0 Å². The predicted octanol–water partition coefficient (Wildman–Crippen LogP) is 6.61. The SMILES string of the molecule is c1ccc(-n2c3ccccc3c3nc4c5ccccc5n(-c5ccc6ncccc6n5)c4nc32)cc1. The average Bonchev–Trinajstić information content (AvgIpc) is 3.44. The van der Waals surface area contributed by atoms with Crippen LogP contribution in [0.4, 0.5) is 0 Å². The normalized spacial score (nSPS) is 11.9. The zero-order valence-corrected chi connectivity index (χ0v) is 19.1. The minimum atomic E-state index is 0.777. The molecule has 0 radical (unpaired) electrons. The van der Waals surface area contributed by atoms with Gasteiger partial charge >= 0.3 is 0 Å². The molecule has 36 heavy (non-hydrogen) atoms. The van der Waals surface area contributed by atoms with E-state index in [4.69, 9.17) is 15.0 Å². The average molecular weight is 463 g/mol.